The highest BCUT2D eigenvalue weighted by Gasteiger charge is 2.36. The minimum Gasteiger partial charge on any atom is -0.384 e. The van der Waals surface area contributed by atoms with Crippen LogP contribution in [0, 0.1) is 11.8 Å². The number of anilines is 1. The van der Waals surface area contributed by atoms with E-state index in [2.05, 4.69) is 32.3 Å². The highest BCUT2D eigenvalue weighted by Crippen LogP contribution is 2.30. The number of pyridine rings is 1. The molecule has 0 aliphatic carbocycles. The lowest BCUT2D eigenvalue weighted by molar-refractivity contribution is -0.143. The Morgan fingerprint density at radius 3 is 2.55 bits per heavy atom. The molecule has 5 heterocycles. The third-order valence-corrected chi connectivity index (χ3v) is 8.78. The molecule has 1 unspecified atom stereocenters. The van der Waals surface area contributed by atoms with Crippen LogP contribution >= 0.6 is 0 Å². The number of likely N-dealkylation sites (tertiary alicyclic amines) is 1. The van der Waals surface area contributed by atoms with Crippen molar-refractivity contribution in [1.29, 1.82) is 0 Å². The molecule has 6 aromatic rings. The minimum absolute atomic E-state index is 0.0217. The summed E-state index contributed by atoms with van der Waals surface area (Å²) >= 11 is 0. The Hall–Kier alpha value is -6.26. The number of aliphatic hydroxyl groups excluding tert-OH is 1. The van der Waals surface area contributed by atoms with Gasteiger partial charge in [0, 0.05) is 55.4 Å². The predicted octanol–water partition coefficient (Wildman–Crippen LogP) is 2.55. The maximum atomic E-state index is 14.5. The van der Waals surface area contributed by atoms with Gasteiger partial charge in [0.2, 0.25) is 0 Å². The average molecular weight is 656 g/mol. The van der Waals surface area contributed by atoms with Crippen LogP contribution in [-0.2, 0) is 11.8 Å². The largest absolute Gasteiger partial charge is 0.384 e. The van der Waals surface area contributed by atoms with Gasteiger partial charge in [0.05, 0.1) is 28.9 Å². The zero-order chi connectivity index (χ0) is 34.4. The number of aliphatic hydroxyl groups is 1. The van der Waals surface area contributed by atoms with Gasteiger partial charge in [0.25, 0.3) is 17.4 Å². The molecule has 7 rings (SSSR count). The second-order valence-electron chi connectivity index (χ2n) is 12.1. The van der Waals surface area contributed by atoms with Crippen molar-refractivity contribution in [2.75, 3.05) is 18.8 Å². The molecule has 2 amide bonds. The molecule has 2 atom stereocenters. The van der Waals surface area contributed by atoms with Crippen LogP contribution < -0.4 is 16.6 Å². The van der Waals surface area contributed by atoms with E-state index in [1.165, 1.54) is 11.4 Å². The Balaban J connectivity index is 1.27. The van der Waals surface area contributed by atoms with E-state index in [1.807, 2.05) is 55.6 Å². The first-order valence-corrected chi connectivity index (χ1v) is 15.8. The molecule has 4 aromatic heterocycles. The lowest BCUT2D eigenvalue weighted by Crippen LogP contribution is -2.52. The number of para-hydroxylation sites is 1. The van der Waals surface area contributed by atoms with Crippen molar-refractivity contribution in [3.63, 3.8) is 0 Å². The number of nitrogens with two attached hydrogens (primary N) is 1. The van der Waals surface area contributed by atoms with E-state index in [-0.39, 0.29) is 28.8 Å². The first-order valence-electron chi connectivity index (χ1n) is 15.8. The summed E-state index contributed by atoms with van der Waals surface area (Å²) in [7, 11) is 1.83. The van der Waals surface area contributed by atoms with Gasteiger partial charge in [-0.15, -0.1) is 5.10 Å². The molecule has 13 nitrogen and oxygen atoms in total. The van der Waals surface area contributed by atoms with E-state index < -0.39 is 18.1 Å². The second kappa shape index (κ2) is 12.4. The average Bonchev–Trinajstić information content (AvgIpc) is 3.61. The van der Waals surface area contributed by atoms with Gasteiger partial charge >= 0.3 is 0 Å². The van der Waals surface area contributed by atoms with Crippen molar-refractivity contribution in [3.8, 4) is 17.5 Å². The van der Waals surface area contributed by atoms with Crippen molar-refractivity contribution in [2.24, 2.45) is 7.05 Å². The third-order valence-electron chi connectivity index (χ3n) is 8.78. The van der Waals surface area contributed by atoms with Crippen LogP contribution in [0.4, 0.5) is 5.82 Å². The van der Waals surface area contributed by atoms with E-state index in [4.69, 9.17) is 5.73 Å². The first-order chi connectivity index (χ1) is 23.6. The number of nitrogen functional groups attached to an aromatic ring is 1. The highest BCUT2D eigenvalue weighted by molar-refractivity contribution is 6.04. The SMILES string of the molecule is CC(O)C(=O)N1CC(c2c(C#Cc3cccc4cc([C@H](C)NC(=O)c5c(N)nn6cccnc56)n(-c5ccccc5)c(=O)c34)cnn2C)C1. The van der Waals surface area contributed by atoms with Crippen LogP contribution in [0.5, 0.6) is 0 Å². The van der Waals surface area contributed by atoms with Crippen molar-refractivity contribution >= 4 is 34.1 Å². The topological polar surface area (TPSA) is 166 Å². The van der Waals surface area contributed by atoms with Crippen molar-refractivity contribution in [2.45, 2.75) is 31.9 Å². The molecule has 1 fully saturated rings. The number of fused-ring (bicyclic) bond motifs is 2. The smallest absolute Gasteiger partial charge is 0.264 e. The maximum absolute atomic E-state index is 14.5. The molecular weight excluding hydrogens is 622 g/mol. The molecule has 0 saturated carbocycles. The standard InChI is InChI=1S/C36H33N9O4/c1-21(40-34(47)30-32(37)41-44-16-8-15-38-33(30)44)28-17-24-10-7-9-23(29(24)36(49)45(28)27-11-5-4-6-12-27)13-14-25-18-39-42(3)31(25)26-19-43(20-26)35(48)22(2)46/h4-12,15-18,21-22,26,46H,19-20H2,1-3H3,(H2,37,41)(H,40,47)/t21-,22?/m0/s1. The second-order valence-corrected chi connectivity index (χ2v) is 12.1. The van der Waals surface area contributed by atoms with Gasteiger partial charge < -0.3 is 21.1 Å². The van der Waals surface area contributed by atoms with Crippen LogP contribution in [0.25, 0.3) is 22.1 Å². The number of aromatic nitrogens is 6. The van der Waals surface area contributed by atoms with Gasteiger partial charge in [0.15, 0.2) is 11.5 Å². The summed E-state index contributed by atoms with van der Waals surface area (Å²) in [5, 5.41) is 22.4. The van der Waals surface area contributed by atoms with Gasteiger partial charge in [-0.3, -0.25) is 23.6 Å². The summed E-state index contributed by atoms with van der Waals surface area (Å²) < 4.78 is 4.79. The van der Waals surface area contributed by atoms with Gasteiger partial charge in [-0.1, -0.05) is 42.2 Å². The lowest BCUT2D eigenvalue weighted by atomic mass is 9.93. The van der Waals surface area contributed by atoms with E-state index in [0.717, 1.165) is 5.69 Å². The number of nitrogens with zero attached hydrogens (tertiary/aromatic N) is 7. The molecule has 2 aromatic carbocycles. The molecule has 13 heteroatoms. The van der Waals surface area contributed by atoms with Crippen LogP contribution in [0.2, 0.25) is 0 Å². The summed E-state index contributed by atoms with van der Waals surface area (Å²) in [6.45, 7) is 4.19. The number of nitrogens with one attached hydrogen (secondary N) is 1. The van der Waals surface area contributed by atoms with Crippen LogP contribution in [0.3, 0.4) is 0 Å². The summed E-state index contributed by atoms with van der Waals surface area (Å²) in [4.78, 5) is 46.1. The summed E-state index contributed by atoms with van der Waals surface area (Å²) in [6, 6.07) is 17.7. The molecule has 1 aliphatic rings. The summed E-state index contributed by atoms with van der Waals surface area (Å²) in [6.07, 6.45) is 3.86. The number of hydrogen-bond donors (Lipinski definition) is 3. The zero-order valence-electron chi connectivity index (χ0n) is 27.0. The Labute approximate surface area is 280 Å². The molecule has 4 N–H and O–H groups in total. The fourth-order valence-electron chi connectivity index (χ4n) is 6.37. The molecule has 1 aliphatic heterocycles. The Morgan fingerprint density at radius 1 is 1.04 bits per heavy atom. The summed E-state index contributed by atoms with van der Waals surface area (Å²) in [5.41, 5.74) is 9.60. The van der Waals surface area contributed by atoms with E-state index in [9.17, 15) is 19.5 Å². The van der Waals surface area contributed by atoms with E-state index in [1.54, 1.807) is 51.8 Å². The van der Waals surface area contributed by atoms with Crippen molar-refractivity contribution in [1.82, 2.24) is 39.2 Å². The van der Waals surface area contributed by atoms with E-state index in [0.29, 0.717) is 52.0 Å². The number of benzene rings is 2. The van der Waals surface area contributed by atoms with Gasteiger partial charge in [-0.25, -0.2) is 9.50 Å². The lowest BCUT2D eigenvalue weighted by Gasteiger charge is -2.40. The monoisotopic (exact) mass is 655 g/mol. The van der Waals surface area contributed by atoms with Gasteiger partial charge in [0.1, 0.15) is 11.7 Å². The van der Waals surface area contributed by atoms with Crippen LogP contribution in [0.15, 0.2) is 84.0 Å². The van der Waals surface area contributed by atoms with Gasteiger partial charge in [-0.2, -0.15) is 5.10 Å². The minimum atomic E-state index is -1.05. The zero-order valence-corrected chi connectivity index (χ0v) is 27.0. The normalized spacial score (nSPS) is 14.2. The molecule has 246 valence electrons. The number of carbonyl (C=O) groups is 2. The Bertz CT molecular complexity index is 2370. The molecule has 0 spiro atoms. The molecular formula is C36H33N9O4. The van der Waals surface area contributed by atoms with Crippen molar-refractivity contribution < 1.29 is 14.7 Å². The quantitative estimate of drug-likeness (QED) is 0.230. The molecule has 49 heavy (non-hydrogen) atoms. The fourth-order valence-corrected chi connectivity index (χ4v) is 6.37. The van der Waals surface area contributed by atoms with Crippen LogP contribution in [-0.4, -0.2) is 70.0 Å². The molecule has 0 radical (unpaired) electrons. The first kappa shape index (κ1) is 31.3. The highest BCUT2D eigenvalue weighted by atomic mass is 16.3. The fraction of sp³-hybridized carbons (Fsp3) is 0.222. The number of amides is 2. The number of rotatable bonds is 6. The Morgan fingerprint density at radius 2 is 1.80 bits per heavy atom. The number of aryl methyl sites for hydroxylation is 1. The predicted molar refractivity (Wildman–Crippen MR) is 183 cm³/mol. The third kappa shape index (κ3) is 5.57. The number of hydrogen-bond acceptors (Lipinski definition) is 8. The van der Waals surface area contributed by atoms with E-state index >= 15 is 0 Å². The Kier molecular flexibility index (Phi) is 7.93. The number of carbonyl (C=O) groups excluding carboxylic acids is 2. The van der Waals surface area contributed by atoms with Crippen LogP contribution in [0.1, 0.15) is 58.7 Å². The molecule has 0 bridgehead atoms. The van der Waals surface area contributed by atoms with Gasteiger partial charge in [-0.05, 0) is 49.6 Å². The molecule has 1 saturated heterocycles. The summed E-state index contributed by atoms with van der Waals surface area (Å²) in [5.74, 6) is 5.74. The maximum Gasteiger partial charge on any atom is 0.264 e. The van der Waals surface area contributed by atoms with Crippen molar-refractivity contribution in [3.05, 3.63) is 118 Å².